The molecule has 0 atom stereocenters. The Morgan fingerprint density at radius 1 is 1.26 bits per heavy atom. The van der Waals surface area contributed by atoms with Crippen LogP contribution in [0.5, 0.6) is 5.75 Å². The fourth-order valence-corrected chi connectivity index (χ4v) is 1.58. The van der Waals surface area contributed by atoms with Crippen molar-refractivity contribution in [2.24, 2.45) is 0 Å². The maximum absolute atomic E-state index is 10.6. The van der Waals surface area contributed by atoms with Crippen molar-refractivity contribution < 1.29 is 32.6 Å². The molecule has 0 saturated heterocycles. The summed E-state index contributed by atoms with van der Waals surface area (Å²) in [5.41, 5.74) is 0. The predicted molar refractivity (Wildman–Crippen MR) is 84.1 cm³/mol. The SMILES string of the molecule is COc1ccccc1I.COn1cccn1.O=C(O)C(F)(F)F. The van der Waals surface area contributed by atoms with Gasteiger partial charge in [0.25, 0.3) is 0 Å². The number of hydrogen-bond acceptors (Lipinski definition) is 4. The molecule has 0 aliphatic carbocycles. The largest absolute Gasteiger partial charge is 0.496 e. The highest BCUT2D eigenvalue weighted by atomic mass is 127. The van der Waals surface area contributed by atoms with Gasteiger partial charge in [0.15, 0.2) is 0 Å². The van der Waals surface area contributed by atoms with E-state index in [1.54, 1.807) is 32.7 Å². The number of alkyl halides is 3. The summed E-state index contributed by atoms with van der Waals surface area (Å²) in [5.74, 6) is -1.81. The van der Waals surface area contributed by atoms with Gasteiger partial charge in [0.1, 0.15) is 12.9 Å². The Labute approximate surface area is 143 Å². The third-order valence-corrected chi connectivity index (χ3v) is 2.86. The van der Waals surface area contributed by atoms with Gasteiger partial charge in [0.05, 0.1) is 23.1 Å². The average Bonchev–Trinajstić information content (AvgIpc) is 3.01. The Morgan fingerprint density at radius 2 is 1.83 bits per heavy atom. The summed E-state index contributed by atoms with van der Waals surface area (Å²) >= 11 is 2.24. The minimum absolute atomic E-state index is 0.943. The molecule has 0 radical (unpaired) electrons. The first-order valence-electron chi connectivity index (χ1n) is 5.85. The van der Waals surface area contributed by atoms with E-state index in [0.717, 1.165) is 9.32 Å². The van der Waals surface area contributed by atoms with Crippen LogP contribution in [0.4, 0.5) is 13.2 Å². The van der Waals surface area contributed by atoms with Gasteiger partial charge in [0.2, 0.25) is 0 Å². The summed E-state index contributed by atoms with van der Waals surface area (Å²) in [7, 11) is 3.24. The molecular weight excluding hydrogens is 432 g/mol. The summed E-state index contributed by atoms with van der Waals surface area (Å²) < 4.78 is 37.9. The van der Waals surface area contributed by atoms with Gasteiger partial charge in [-0.1, -0.05) is 12.1 Å². The lowest BCUT2D eigenvalue weighted by atomic mass is 10.3. The van der Waals surface area contributed by atoms with Crippen LogP contribution in [0.2, 0.25) is 0 Å². The van der Waals surface area contributed by atoms with E-state index in [1.807, 2.05) is 24.3 Å². The highest BCUT2D eigenvalue weighted by molar-refractivity contribution is 14.1. The first-order chi connectivity index (χ1) is 10.7. The van der Waals surface area contributed by atoms with Crippen LogP contribution in [0.3, 0.4) is 0 Å². The number of benzene rings is 1. The van der Waals surface area contributed by atoms with Gasteiger partial charge in [0, 0.05) is 0 Å². The number of para-hydroxylation sites is 1. The van der Waals surface area contributed by atoms with Gasteiger partial charge < -0.3 is 14.7 Å². The van der Waals surface area contributed by atoms with E-state index < -0.39 is 12.1 Å². The fourth-order valence-electron chi connectivity index (χ4n) is 0.973. The Hall–Kier alpha value is -1.98. The molecule has 1 N–H and O–H groups in total. The number of halogens is 4. The number of methoxy groups -OCH3 is 1. The molecule has 1 heterocycles. The third kappa shape index (κ3) is 9.60. The number of nitrogens with zero attached hydrogens (tertiary/aromatic N) is 2. The van der Waals surface area contributed by atoms with Crippen LogP contribution >= 0.6 is 22.6 Å². The van der Waals surface area contributed by atoms with E-state index in [-0.39, 0.29) is 0 Å². The molecule has 2 aromatic rings. The maximum atomic E-state index is 10.6. The van der Waals surface area contributed by atoms with Gasteiger partial charge in [-0.25, -0.2) is 4.79 Å². The summed E-state index contributed by atoms with van der Waals surface area (Å²) in [6.07, 6.45) is -1.70. The monoisotopic (exact) mass is 446 g/mol. The molecule has 128 valence electrons. The number of ether oxygens (including phenoxy) is 1. The lowest BCUT2D eigenvalue weighted by Gasteiger charge is -1.99. The molecule has 0 amide bonds. The van der Waals surface area contributed by atoms with Crippen LogP contribution in [0.15, 0.2) is 42.7 Å². The van der Waals surface area contributed by atoms with Crippen molar-refractivity contribution in [2.45, 2.75) is 6.18 Å². The highest BCUT2D eigenvalue weighted by Crippen LogP contribution is 2.18. The van der Waals surface area contributed by atoms with Gasteiger partial charge in [-0.3, -0.25) is 0 Å². The molecule has 6 nitrogen and oxygen atoms in total. The van der Waals surface area contributed by atoms with Crippen LogP contribution < -0.4 is 9.57 Å². The van der Waals surface area contributed by atoms with Crippen molar-refractivity contribution in [3.63, 3.8) is 0 Å². The van der Waals surface area contributed by atoms with Crippen LogP contribution in [0, 0.1) is 3.57 Å². The first kappa shape index (κ1) is 21.0. The number of aromatic nitrogens is 2. The van der Waals surface area contributed by atoms with Gasteiger partial charge in [-0.05, 0) is 40.8 Å². The Bertz CT molecular complexity index is 577. The molecular formula is C13H14F3IN2O4. The number of carboxylic acid groups (broad SMARTS) is 1. The quantitative estimate of drug-likeness (QED) is 0.719. The molecule has 0 aliphatic heterocycles. The molecule has 0 spiro atoms. The second-order valence-electron chi connectivity index (χ2n) is 3.53. The number of rotatable bonds is 2. The smallest absolute Gasteiger partial charge is 0.490 e. The Morgan fingerprint density at radius 3 is 2.09 bits per heavy atom. The standard InChI is InChI=1S/C7H7IO.C4H6N2O.C2HF3O2/c1-9-7-5-3-2-4-6(7)8;1-7-6-4-2-3-5-6;3-2(4,5)1(6)7/h2-5H,1H3;2-4H,1H3;(H,6,7). The third-order valence-electron chi connectivity index (χ3n) is 1.97. The van der Waals surface area contributed by atoms with Crippen molar-refractivity contribution in [1.82, 2.24) is 9.94 Å². The molecule has 0 bridgehead atoms. The fraction of sp³-hybridized carbons (Fsp3) is 0.231. The van der Waals surface area contributed by atoms with Crippen molar-refractivity contribution in [3.8, 4) is 5.75 Å². The average molecular weight is 446 g/mol. The number of carbonyl (C=O) groups is 1. The molecule has 2 rings (SSSR count). The minimum Gasteiger partial charge on any atom is -0.496 e. The van der Waals surface area contributed by atoms with E-state index in [2.05, 4.69) is 32.5 Å². The van der Waals surface area contributed by atoms with Crippen LogP contribution in [0.25, 0.3) is 0 Å². The van der Waals surface area contributed by atoms with Crippen molar-refractivity contribution in [2.75, 3.05) is 14.2 Å². The molecule has 1 aromatic heterocycles. The molecule has 0 unspecified atom stereocenters. The number of aliphatic carboxylic acids is 1. The predicted octanol–water partition coefficient (Wildman–Crippen LogP) is 2.87. The molecule has 0 saturated carbocycles. The summed E-state index contributed by atoms with van der Waals surface area (Å²) in [5, 5.41) is 10.9. The van der Waals surface area contributed by atoms with Crippen molar-refractivity contribution >= 4 is 28.6 Å². The molecule has 1 aromatic carbocycles. The summed E-state index contributed by atoms with van der Waals surface area (Å²) in [6, 6.07) is 9.70. The molecule has 10 heteroatoms. The molecule has 23 heavy (non-hydrogen) atoms. The van der Waals surface area contributed by atoms with Crippen molar-refractivity contribution in [1.29, 1.82) is 0 Å². The normalized spacial score (nSPS) is 9.65. The summed E-state index contributed by atoms with van der Waals surface area (Å²) in [4.78, 5) is 14.9. The Balaban J connectivity index is 0.000000320. The second kappa shape index (κ2) is 10.7. The lowest BCUT2D eigenvalue weighted by Crippen LogP contribution is -2.21. The first-order valence-corrected chi connectivity index (χ1v) is 6.93. The van der Waals surface area contributed by atoms with Crippen molar-refractivity contribution in [3.05, 3.63) is 46.3 Å². The van der Waals surface area contributed by atoms with E-state index >= 15 is 0 Å². The van der Waals surface area contributed by atoms with E-state index in [4.69, 9.17) is 14.6 Å². The van der Waals surface area contributed by atoms with Gasteiger partial charge >= 0.3 is 12.1 Å². The van der Waals surface area contributed by atoms with E-state index in [1.165, 1.54) is 4.85 Å². The minimum atomic E-state index is -5.08. The zero-order valence-corrected chi connectivity index (χ0v) is 14.3. The number of carboxylic acids is 1. The zero-order valence-electron chi connectivity index (χ0n) is 12.1. The van der Waals surface area contributed by atoms with Crippen LogP contribution in [0.1, 0.15) is 0 Å². The highest BCUT2D eigenvalue weighted by Gasteiger charge is 2.38. The summed E-state index contributed by atoms with van der Waals surface area (Å²) in [6.45, 7) is 0. The van der Waals surface area contributed by atoms with Crippen LogP contribution in [-0.2, 0) is 4.79 Å². The van der Waals surface area contributed by atoms with Gasteiger partial charge in [-0.15, -0.1) is 9.94 Å². The Kier molecular flexibility index (Phi) is 9.78. The second-order valence-corrected chi connectivity index (χ2v) is 4.69. The van der Waals surface area contributed by atoms with Crippen LogP contribution in [-0.4, -0.2) is 41.4 Å². The van der Waals surface area contributed by atoms with Gasteiger partial charge in [-0.2, -0.15) is 13.2 Å². The number of hydrogen-bond donors (Lipinski definition) is 1. The van der Waals surface area contributed by atoms with E-state index in [0.29, 0.717) is 0 Å². The zero-order chi connectivity index (χ0) is 17.9. The maximum Gasteiger partial charge on any atom is 0.490 e. The molecule has 0 aliphatic rings. The molecule has 0 fully saturated rings. The lowest BCUT2D eigenvalue weighted by molar-refractivity contribution is -0.192. The topological polar surface area (TPSA) is 73.6 Å². The van der Waals surface area contributed by atoms with E-state index in [9.17, 15) is 13.2 Å².